The molecule has 1 saturated heterocycles. The molecule has 0 amide bonds. The molecule has 1 aliphatic heterocycles. The summed E-state index contributed by atoms with van der Waals surface area (Å²) in [4.78, 5) is 2.47. The van der Waals surface area contributed by atoms with E-state index in [-0.39, 0.29) is 0 Å². The second-order valence-corrected chi connectivity index (χ2v) is 5.67. The largest absolute Gasteiger partial charge is 0.313 e. The number of rotatable bonds is 4. The van der Waals surface area contributed by atoms with Gasteiger partial charge >= 0.3 is 0 Å². The molecule has 0 aromatic rings. The molecule has 88 valence electrons. The van der Waals surface area contributed by atoms with Crippen LogP contribution in [0.1, 0.15) is 45.4 Å². The minimum atomic E-state index is 0.707. The monoisotopic (exact) mass is 210 g/mol. The minimum absolute atomic E-state index is 0.707. The van der Waals surface area contributed by atoms with Crippen molar-refractivity contribution in [3.05, 3.63) is 0 Å². The quantitative estimate of drug-likeness (QED) is 0.765. The van der Waals surface area contributed by atoms with Crippen molar-refractivity contribution in [2.45, 2.75) is 51.5 Å². The average molecular weight is 210 g/mol. The Morgan fingerprint density at radius 1 is 1.27 bits per heavy atom. The van der Waals surface area contributed by atoms with Crippen molar-refractivity contribution in [3.8, 4) is 0 Å². The van der Waals surface area contributed by atoms with Crippen molar-refractivity contribution in [2.75, 3.05) is 26.7 Å². The van der Waals surface area contributed by atoms with Crippen LogP contribution in [0.4, 0.5) is 0 Å². The summed E-state index contributed by atoms with van der Waals surface area (Å²) in [6.07, 6.45) is 8.38. The summed E-state index contributed by atoms with van der Waals surface area (Å²) in [6, 6.07) is 0.791. The molecule has 2 nitrogen and oxygen atoms in total. The Bertz CT molecular complexity index is 199. The first kappa shape index (κ1) is 11.4. The number of likely N-dealkylation sites (tertiary alicyclic amines) is 1. The van der Waals surface area contributed by atoms with Crippen LogP contribution in [-0.2, 0) is 0 Å². The maximum Gasteiger partial charge on any atom is 0.00799 e. The highest BCUT2D eigenvalue weighted by atomic mass is 15.1. The summed E-state index contributed by atoms with van der Waals surface area (Å²) < 4.78 is 0. The van der Waals surface area contributed by atoms with Crippen molar-refractivity contribution in [1.29, 1.82) is 0 Å². The fraction of sp³-hybridized carbons (Fsp3) is 1.00. The molecule has 2 fully saturated rings. The zero-order valence-electron chi connectivity index (χ0n) is 10.4. The molecule has 1 heterocycles. The summed E-state index contributed by atoms with van der Waals surface area (Å²) in [6.45, 7) is 6.18. The highest BCUT2D eigenvalue weighted by molar-refractivity contribution is 4.94. The fourth-order valence-electron chi connectivity index (χ4n) is 2.64. The average Bonchev–Trinajstić information content (AvgIpc) is 3.02. The van der Waals surface area contributed by atoms with Gasteiger partial charge in [-0.15, -0.1) is 0 Å². The lowest BCUT2D eigenvalue weighted by molar-refractivity contribution is 0.337. The third kappa shape index (κ3) is 3.18. The molecule has 2 rings (SSSR count). The molecular weight excluding hydrogens is 184 g/mol. The molecule has 1 N–H and O–H groups in total. The van der Waals surface area contributed by atoms with Crippen LogP contribution in [0.15, 0.2) is 0 Å². The number of nitrogens with one attached hydrogen (secondary N) is 1. The topological polar surface area (TPSA) is 15.3 Å². The van der Waals surface area contributed by atoms with E-state index in [1.807, 2.05) is 0 Å². The summed E-state index contributed by atoms with van der Waals surface area (Å²) in [7, 11) is 2.25. The summed E-state index contributed by atoms with van der Waals surface area (Å²) in [5.74, 6) is 0. The Hall–Kier alpha value is -0.0800. The van der Waals surface area contributed by atoms with E-state index in [1.54, 1.807) is 0 Å². The Morgan fingerprint density at radius 3 is 2.73 bits per heavy atom. The third-order valence-corrected chi connectivity index (χ3v) is 4.42. The van der Waals surface area contributed by atoms with Crippen LogP contribution in [0.3, 0.4) is 0 Å². The molecule has 0 spiro atoms. The van der Waals surface area contributed by atoms with E-state index in [1.165, 1.54) is 58.2 Å². The van der Waals surface area contributed by atoms with Crippen LogP contribution in [0.25, 0.3) is 0 Å². The molecule has 1 saturated carbocycles. The molecule has 0 aromatic carbocycles. The standard InChI is InChI=1S/C13H26N2/c1-3-13(7-8-13)11-14-12-5-4-9-15(2)10-6-12/h12,14H,3-11H2,1-2H3. The van der Waals surface area contributed by atoms with Gasteiger partial charge in [0.25, 0.3) is 0 Å². The van der Waals surface area contributed by atoms with Gasteiger partial charge in [-0.2, -0.15) is 0 Å². The first-order chi connectivity index (χ1) is 7.24. The fourth-order valence-corrected chi connectivity index (χ4v) is 2.64. The number of nitrogens with zero attached hydrogens (tertiary/aromatic N) is 1. The van der Waals surface area contributed by atoms with Gasteiger partial charge in [-0.25, -0.2) is 0 Å². The molecule has 1 atom stereocenters. The second-order valence-electron chi connectivity index (χ2n) is 5.67. The smallest absolute Gasteiger partial charge is 0.00799 e. The number of hydrogen-bond acceptors (Lipinski definition) is 2. The molecule has 0 aromatic heterocycles. The van der Waals surface area contributed by atoms with Crippen molar-refractivity contribution >= 4 is 0 Å². The molecule has 1 unspecified atom stereocenters. The highest BCUT2D eigenvalue weighted by Gasteiger charge is 2.40. The van der Waals surface area contributed by atoms with Gasteiger partial charge in [0.1, 0.15) is 0 Å². The van der Waals surface area contributed by atoms with Crippen molar-refractivity contribution in [1.82, 2.24) is 10.2 Å². The Kier molecular flexibility index (Phi) is 3.68. The molecule has 1 aliphatic carbocycles. The van der Waals surface area contributed by atoms with Crippen LogP contribution in [0.5, 0.6) is 0 Å². The van der Waals surface area contributed by atoms with Crippen molar-refractivity contribution in [2.24, 2.45) is 5.41 Å². The van der Waals surface area contributed by atoms with E-state index in [9.17, 15) is 0 Å². The van der Waals surface area contributed by atoms with Gasteiger partial charge in [-0.3, -0.25) is 0 Å². The van der Waals surface area contributed by atoms with E-state index >= 15 is 0 Å². The summed E-state index contributed by atoms with van der Waals surface area (Å²) >= 11 is 0. The van der Waals surface area contributed by atoms with Crippen molar-refractivity contribution in [3.63, 3.8) is 0 Å². The zero-order valence-corrected chi connectivity index (χ0v) is 10.4. The van der Waals surface area contributed by atoms with E-state index in [0.29, 0.717) is 5.41 Å². The maximum absolute atomic E-state index is 3.81. The predicted molar refractivity (Wildman–Crippen MR) is 65.1 cm³/mol. The minimum Gasteiger partial charge on any atom is -0.313 e. The van der Waals surface area contributed by atoms with Crippen molar-refractivity contribution < 1.29 is 0 Å². The van der Waals surface area contributed by atoms with Crippen LogP contribution < -0.4 is 5.32 Å². The number of hydrogen-bond donors (Lipinski definition) is 1. The molecule has 15 heavy (non-hydrogen) atoms. The zero-order chi connectivity index (χ0) is 10.7. The van der Waals surface area contributed by atoms with Gasteiger partial charge < -0.3 is 10.2 Å². The van der Waals surface area contributed by atoms with Gasteiger partial charge in [-0.05, 0) is 64.1 Å². The van der Waals surface area contributed by atoms with Crippen LogP contribution in [-0.4, -0.2) is 37.6 Å². The highest BCUT2D eigenvalue weighted by Crippen LogP contribution is 2.47. The van der Waals surface area contributed by atoms with E-state index < -0.39 is 0 Å². The van der Waals surface area contributed by atoms with E-state index in [2.05, 4.69) is 24.2 Å². The molecule has 2 aliphatic rings. The van der Waals surface area contributed by atoms with Crippen LogP contribution >= 0.6 is 0 Å². The Morgan fingerprint density at radius 2 is 2.07 bits per heavy atom. The summed E-state index contributed by atoms with van der Waals surface area (Å²) in [5, 5.41) is 3.81. The van der Waals surface area contributed by atoms with Gasteiger partial charge in [0, 0.05) is 12.6 Å². The maximum atomic E-state index is 3.81. The third-order valence-electron chi connectivity index (χ3n) is 4.42. The van der Waals surface area contributed by atoms with Crippen LogP contribution in [0.2, 0.25) is 0 Å². The SMILES string of the molecule is CCC1(CNC2CCCN(C)CC2)CC1. The molecule has 2 heteroatoms. The van der Waals surface area contributed by atoms with Gasteiger partial charge in [0.15, 0.2) is 0 Å². The van der Waals surface area contributed by atoms with Gasteiger partial charge in [0.05, 0.1) is 0 Å². The molecule has 0 radical (unpaired) electrons. The molecular formula is C13H26N2. The predicted octanol–water partition coefficient (Wildman–Crippen LogP) is 2.25. The van der Waals surface area contributed by atoms with Gasteiger partial charge in [-0.1, -0.05) is 6.92 Å². The lowest BCUT2D eigenvalue weighted by atomic mass is 10.0. The molecule has 0 bridgehead atoms. The van der Waals surface area contributed by atoms with E-state index in [4.69, 9.17) is 0 Å². The lowest BCUT2D eigenvalue weighted by Gasteiger charge is -2.20. The van der Waals surface area contributed by atoms with Gasteiger partial charge in [0.2, 0.25) is 0 Å². The first-order valence-corrected chi connectivity index (χ1v) is 6.66. The Balaban J connectivity index is 1.70. The van der Waals surface area contributed by atoms with Crippen LogP contribution in [0, 0.1) is 5.41 Å². The summed E-state index contributed by atoms with van der Waals surface area (Å²) in [5.41, 5.74) is 0.707. The Labute approximate surface area is 94.4 Å². The normalized spacial score (nSPS) is 31.2. The second kappa shape index (κ2) is 4.84. The lowest BCUT2D eigenvalue weighted by Crippen LogP contribution is -2.34. The first-order valence-electron chi connectivity index (χ1n) is 6.66. The van der Waals surface area contributed by atoms with E-state index in [0.717, 1.165) is 6.04 Å².